The van der Waals surface area contributed by atoms with E-state index in [4.69, 9.17) is 18.3 Å². The monoisotopic (exact) mass is 498 g/mol. The molecule has 0 radical (unpaired) electrons. The van der Waals surface area contributed by atoms with Gasteiger partial charge in [0.05, 0.1) is 12.9 Å². The predicted molar refractivity (Wildman–Crippen MR) is 136 cm³/mol. The molecule has 0 aromatic carbocycles. The Morgan fingerprint density at radius 2 is 1.64 bits per heavy atom. The molecule has 0 amide bonds. The summed E-state index contributed by atoms with van der Waals surface area (Å²) in [5.74, 6) is 0. The standard InChI is InChI=1S/C23H42N2O6Si2/c1-12-28-18-16(15-29-32(8,9)22(2,3)4)30-20(25-14-13-17(26)24-21(25)27)19(18)31-33(10,11)23(5,6)7/h12-14,16,18-20H,1,15H2,2-11H3,(H,24,26,27)/t16-,18+,19?,20-/m1/s1. The van der Waals surface area contributed by atoms with Gasteiger partial charge in [-0.2, -0.15) is 0 Å². The zero-order chi connectivity index (χ0) is 25.4. The lowest BCUT2D eigenvalue weighted by Gasteiger charge is -2.40. The van der Waals surface area contributed by atoms with Crippen molar-refractivity contribution in [2.75, 3.05) is 6.61 Å². The van der Waals surface area contributed by atoms with Crippen LogP contribution in [0.25, 0.3) is 0 Å². The first kappa shape index (κ1) is 27.8. The molecular formula is C23H42N2O6Si2. The number of aromatic amines is 1. The summed E-state index contributed by atoms with van der Waals surface area (Å²) in [6, 6.07) is 1.30. The third-order valence-electron chi connectivity index (χ3n) is 7.32. The molecule has 10 heteroatoms. The predicted octanol–water partition coefficient (Wildman–Crippen LogP) is 4.37. The van der Waals surface area contributed by atoms with Crippen LogP contribution in [0.3, 0.4) is 0 Å². The van der Waals surface area contributed by atoms with E-state index in [1.165, 1.54) is 23.1 Å². The fraction of sp³-hybridized carbons (Fsp3) is 0.739. The maximum Gasteiger partial charge on any atom is 0.330 e. The summed E-state index contributed by atoms with van der Waals surface area (Å²) in [6.07, 6.45) is 0.464. The second kappa shape index (κ2) is 9.65. The third-order valence-corrected chi connectivity index (χ3v) is 16.3. The first-order valence-electron chi connectivity index (χ1n) is 11.5. The lowest BCUT2D eigenvalue weighted by Crippen LogP contribution is -2.50. The van der Waals surface area contributed by atoms with Gasteiger partial charge in [0.1, 0.15) is 12.2 Å². The van der Waals surface area contributed by atoms with Crippen molar-refractivity contribution in [1.82, 2.24) is 9.55 Å². The average Bonchev–Trinajstić information content (AvgIpc) is 2.95. The number of ether oxygens (including phenoxy) is 2. The maximum absolute atomic E-state index is 12.7. The van der Waals surface area contributed by atoms with Crippen molar-refractivity contribution in [3.05, 3.63) is 45.9 Å². The van der Waals surface area contributed by atoms with Gasteiger partial charge in [0.25, 0.3) is 5.56 Å². The van der Waals surface area contributed by atoms with Crippen molar-refractivity contribution in [1.29, 1.82) is 0 Å². The van der Waals surface area contributed by atoms with E-state index < -0.39 is 52.4 Å². The Bertz CT molecular complexity index is 942. The van der Waals surface area contributed by atoms with Crippen LogP contribution in [0.5, 0.6) is 0 Å². The Morgan fingerprint density at radius 3 is 2.12 bits per heavy atom. The van der Waals surface area contributed by atoms with Crippen LogP contribution in [0, 0.1) is 0 Å². The van der Waals surface area contributed by atoms with Crippen LogP contribution in [0.1, 0.15) is 47.8 Å². The van der Waals surface area contributed by atoms with Crippen LogP contribution in [-0.2, 0) is 18.3 Å². The summed E-state index contributed by atoms with van der Waals surface area (Å²) in [7, 11) is -4.33. The molecule has 0 aliphatic carbocycles. The molecule has 1 fully saturated rings. The molecule has 33 heavy (non-hydrogen) atoms. The van der Waals surface area contributed by atoms with Gasteiger partial charge in [0.15, 0.2) is 29.0 Å². The lowest BCUT2D eigenvalue weighted by molar-refractivity contribution is -0.0519. The SMILES string of the molecule is C=CO[C@@H]1C(O[Si](C)(C)C(C)(C)C)[C@H](n2ccc(=O)[nH]c2=O)O[C@@H]1CO[Si](C)(C)C(C)(C)C. The van der Waals surface area contributed by atoms with Crippen molar-refractivity contribution in [3.8, 4) is 0 Å². The summed E-state index contributed by atoms with van der Waals surface area (Å²) in [6.45, 7) is 25.7. The van der Waals surface area contributed by atoms with Crippen LogP contribution in [-0.4, -0.2) is 51.1 Å². The molecule has 1 N–H and O–H groups in total. The minimum absolute atomic E-state index is 0.0344. The summed E-state index contributed by atoms with van der Waals surface area (Å²) >= 11 is 0. The molecule has 2 heterocycles. The molecular weight excluding hydrogens is 456 g/mol. The number of hydrogen-bond acceptors (Lipinski definition) is 6. The summed E-state index contributed by atoms with van der Waals surface area (Å²) in [5.41, 5.74) is -1.02. The van der Waals surface area contributed by atoms with Crippen LogP contribution in [0.2, 0.25) is 36.3 Å². The molecule has 4 atom stereocenters. The molecule has 1 unspecified atom stereocenters. The van der Waals surface area contributed by atoms with E-state index in [-0.39, 0.29) is 10.1 Å². The molecule has 0 bridgehead atoms. The third kappa shape index (κ3) is 6.16. The van der Waals surface area contributed by atoms with Gasteiger partial charge in [-0.05, 0) is 36.3 Å². The molecule has 1 aliphatic rings. The van der Waals surface area contributed by atoms with Crippen LogP contribution >= 0.6 is 0 Å². The van der Waals surface area contributed by atoms with Gasteiger partial charge < -0.3 is 18.3 Å². The van der Waals surface area contributed by atoms with Crippen molar-refractivity contribution in [2.24, 2.45) is 0 Å². The number of rotatable bonds is 8. The lowest BCUT2D eigenvalue weighted by atomic mass is 10.1. The Hall–Kier alpha value is -1.47. The summed E-state index contributed by atoms with van der Waals surface area (Å²) in [5, 5.41) is -0.0331. The minimum Gasteiger partial charge on any atom is -0.493 e. The number of hydrogen-bond donors (Lipinski definition) is 1. The topological polar surface area (TPSA) is 91.8 Å². The van der Waals surface area contributed by atoms with Gasteiger partial charge in [0, 0.05) is 12.3 Å². The minimum atomic E-state index is -2.28. The normalized spacial score (nSPS) is 24.7. The van der Waals surface area contributed by atoms with Gasteiger partial charge in [-0.1, -0.05) is 48.1 Å². The van der Waals surface area contributed by atoms with Crippen LogP contribution in [0.4, 0.5) is 0 Å². The van der Waals surface area contributed by atoms with E-state index in [0.29, 0.717) is 6.61 Å². The average molecular weight is 499 g/mol. The van der Waals surface area contributed by atoms with Crippen LogP contribution in [0.15, 0.2) is 34.7 Å². The van der Waals surface area contributed by atoms with Gasteiger partial charge in [-0.3, -0.25) is 14.3 Å². The molecule has 2 rings (SSSR count). The molecule has 1 aliphatic heterocycles. The first-order valence-corrected chi connectivity index (χ1v) is 17.3. The quantitative estimate of drug-likeness (QED) is 0.423. The number of nitrogens with zero attached hydrogens (tertiary/aromatic N) is 1. The fourth-order valence-corrected chi connectivity index (χ4v) is 5.42. The molecule has 0 saturated carbocycles. The highest BCUT2D eigenvalue weighted by Crippen LogP contribution is 2.43. The Kier molecular flexibility index (Phi) is 8.12. The number of aromatic nitrogens is 2. The number of nitrogens with one attached hydrogen (secondary N) is 1. The van der Waals surface area contributed by atoms with Crippen molar-refractivity contribution in [3.63, 3.8) is 0 Å². The van der Waals surface area contributed by atoms with E-state index in [0.717, 1.165) is 0 Å². The van der Waals surface area contributed by atoms with E-state index in [9.17, 15) is 9.59 Å². The molecule has 1 saturated heterocycles. The largest absolute Gasteiger partial charge is 0.493 e. The molecule has 188 valence electrons. The molecule has 8 nitrogen and oxygen atoms in total. The Balaban J connectivity index is 2.48. The van der Waals surface area contributed by atoms with E-state index >= 15 is 0 Å². The van der Waals surface area contributed by atoms with Gasteiger partial charge in [0.2, 0.25) is 0 Å². The van der Waals surface area contributed by atoms with Gasteiger partial charge in [-0.15, -0.1) is 0 Å². The highest BCUT2D eigenvalue weighted by Gasteiger charge is 2.53. The zero-order valence-corrected chi connectivity index (χ0v) is 23.9. The van der Waals surface area contributed by atoms with E-state index in [2.05, 4.69) is 79.3 Å². The summed E-state index contributed by atoms with van der Waals surface area (Å²) < 4.78 is 26.9. The smallest absolute Gasteiger partial charge is 0.330 e. The Labute approximate surface area is 199 Å². The molecule has 1 aromatic heterocycles. The maximum atomic E-state index is 12.7. The number of H-pyrrole nitrogens is 1. The second-order valence-corrected chi connectivity index (χ2v) is 21.3. The van der Waals surface area contributed by atoms with E-state index in [1.807, 2.05) is 0 Å². The van der Waals surface area contributed by atoms with Gasteiger partial charge >= 0.3 is 5.69 Å². The van der Waals surface area contributed by atoms with Crippen molar-refractivity contribution in [2.45, 2.75) is 102 Å². The zero-order valence-electron chi connectivity index (χ0n) is 21.9. The highest BCUT2D eigenvalue weighted by atomic mass is 28.4. The first-order chi connectivity index (χ1) is 14.9. The fourth-order valence-electron chi connectivity index (χ4n) is 3.12. The Morgan fingerprint density at radius 1 is 1.06 bits per heavy atom. The van der Waals surface area contributed by atoms with Crippen molar-refractivity contribution < 1.29 is 18.3 Å². The van der Waals surface area contributed by atoms with Crippen molar-refractivity contribution >= 4 is 16.6 Å². The van der Waals surface area contributed by atoms with E-state index in [1.54, 1.807) is 0 Å². The molecule has 0 spiro atoms. The van der Waals surface area contributed by atoms with Crippen LogP contribution < -0.4 is 11.2 Å². The molecule has 1 aromatic rings. The second-order valence-electron chi connectivity index (χ2n) is 11.8. The summed E-state index contributed by atoms with van der Waals surface area (Å²) in [4.78, 5) is 26.6. The highest BCUT2D eigenvalue weighted by molar-refractivity contribution is 6.74. The van der Waals surface area contributed by atoms with Gasteiger partial charge in [-0.25, -0.2) is 4.79 Å².